The van der Waals surface area contributed by atoms with Gasteiger partial charge in [-0.3, -0.25) is 9.52 Å². The zero-order valence-electron chi connectivity index (χ0n) is 12.8. The minimum Gasteiger partial charge on any atom is -0.495 e. The molecule has 0 unspecified atom stereocenters. The molecular formula is C15H14F2N2O4S. The van der Waals surface area contributed by atoms with Crippen molar-refractivity contribution in [2.75, 3.05) is 23.4 Å². The number of hydrogen-bond donors (Lipinski definition) is 2. The van der Waals surface area contributed by atoms with Crippen molar-refractivity contribution in [3.63, 3.8) is 0 Å². The average molecular weight is 356 g/mol. The fraction of sp³-hybridized carbons (Fsp3) is 0.133. The van der Waals surface area contributed by atoms with Gasteiger partial charge in [-0.1, -0.05) is 0 Å². The number of carbonyl (C=O) groups excluding carboxylic acids is 1. The molecule has 0 heterocycles. The standard InChI is InChI=1S/C15H14F2N2O4S/c1-23-14-6-4-10(8-13(14)19-24(2,21)22)18-15(20)11-5-3-9(16)7-12(11)17/h3-8,19H,1-2H3,(H,18,20). The molecule has 128 valence electrons. The van der Waals surface area contributed by atoms with Crippen LogP contribution >= 0.6 is 0 Å². The number of methoxy groups -OCH3 is 1. The molecule has 0 aliphatic heterocycles. The van der Waals surface area contributed by atoms with E-state index in [1.807, 2.05) is 0 Å². The van der Waals surface area contributed by atoms with Gasteiger partial charge in [0.2, 0.25) is 10.0 Å². The van der Waals surface area contributed by atoms with Gasteiger partial charge in [-0.25, -0.2) is 17.2 Å². The molecule has 24 heavy (non-hydrogen) atoms. The molecule has 0 spiro atoms. The summed E-state index contributed by atoms with van der Waals surface area (Å²) in [5.41, 5.74) is -0.0297. The van der Waals surface area contributed by atoms with Crippen LogP contribution in [0.15, 0.2) is 36.4 Å². The highest BCUT2D eigenvalue weighted by atomic mass is 32.2. The summed E-state index contributed by atoms with van der Waals surface area (Å²) in [6, 6.07) is 6.77. The van der Waals surface area contributed by atoms with E-state index in [2.05, 4.69) is 10.0 Å². The Kier molecular flexibility index (Phi) is 5.03. The first kappa shape index (κ1) is 17.7. The van der Waals surface area contributed by atoms with Crippen LogP contribution in [-0.4, -0.2) is 27.7 Å². The summed E-state index contributed by atoms with van der Waals surface area (Å²) in [4.78, 5) is 12.1. The molecule has 0 aliphatic carbocycles. The molecule has 9 heteroatoms. The zero-order valence-corrected chi connectivity index (χ0v) is 13.6. The van der Waals surface area contributed by atoms with E-state index in [9.17, 15) is 22.0 Å². The van der Waals surface area contributed by atoms with Crippen molar-refractivity contribution >= 4 is 27.3 Å². The van der Waals surface area contributed by atoms with Crippen LogP contribution in [0.3, 0.4) is 0 Å². The number of rotatable bonds is 5. The maximum atomic E-state index is 13.6. The summed E-state index contributed by atoms with van der Waals surface area (Å²) in [5, 5.41) is 2.40. The van der Waals surface area contributed by atoms with E-state index in [0.717, 1.165) is 18.4 Å². The lowest BCUT2D eigenvalue weighted by molar-refractivity contribution is 0.102. The highest BCUT2D eigenvalue weighted by molar-refractivity contribution is 7.92. The zero-order chi connectivity index (χ0) is 17.9. The molecule has 0 atom stereocenters. The molecule has 6 nitrogen and oxygen atoms in total. The first-order valence-corrected chi connectivity index (χ1v) is 8.51. The highest BCUT2D eigenvalue weighted by Gasteiger charge is 2.14. The summed E-state index contributed by atoms with van der Waals surface area (Å²) in [7, 11) is -2.21. The molecule has 0 radical (unpaired) electrons. The quantitative estimate of drug-likeness (QED) is 0.862. The number of halogens is 2. The first-order valence-electron chi connectivity index (χ1n) is 6.62. The van der Waals surface area contributed by atoms with E-state index in [4.69, 9.17) is 4.74 Å². The first-order chi connectivity index (χ1) is 11.2. The van der Waals surface area contributed by atoms with Crippen LogP contribution < -0.4 is 14.8 Å². The number of benzene rings is 2. The number of carbonyl (C=O) groups is 1. The molecule has 2 aromatic carbocycles. The topological polar surface area (TPSA) is 84.5 Å². The van der Waals surface area contributed by atoms with Crippen molar-refractivity contribution in [3.05, 3.63) is 53.6 Å². The monoisotopic (exact) mass is 356 g/mol. The summed E-state index contributed by atoms with van der Waals surface area (Å²) in [5.74, 6) is -2.36. The summed E-state index contributed by atoms with van der Waals surface area (Å²) >= 11 is 0. The number of nitrogens with one attached hydrogen (secondary N) is 2. The molecule has 0 aromatic heterocycles. The molecular weight excluding hydrogens is 342 g/mol. The third kappa shape index (κ3) is 4.42. The van der Waals surface area contributed by atoms with Gasteiger partial charge in [-0.05, 0) is 30.3 Å². The second-order valence-electron chi connectivity index (χ2n) is 4.87. The van der Waals surface area contributed by atoms with E-state index >= 15 is 0 Å². The van der Waals surface area contributed by atoms with Gasteiger partial charge >= 0.3 is 0 Å². The molecule has 0 fully saturated rings. The maximum Gasteiger partial charge on any atom is 0.258 e. The third-order valence-electron chi connectivity index (χ3n) is 2.93. The van der Waals surface area contributed by atoms with Crippen LogP contribution in [0.5, 0.6) is 5.75 Å². The lowest BCUT2D eigenvalue weighted by Gasteiger charge is -2.12. The smallest absolute Gasteiger partial charge is 0.258 e. The molecule has 0 saturated carbocycles. The van der Waals surface area contributed by atoms with E-state index in [1.54, 1.807) is 0 Å². The van der Waals surface area contributed by atoms with Gasteiger partial charge in [0.25, 0.3) is 5.91 Å². The van der Waals surface area contributed by atoms with Crippen LogP contribution in [0.4, 0.5) is 20.2 Å². The van der Waals surface area contributed by atoms with E-state index in [0.29, 0.717) is 6.07 Å². The average Bonchev–Trinajstić information content (AvgIpc) is 2.45. The molecule has 2 N–H and O–H groups in total. The molecule has 0 aliphatic rings. The SMILES string of the molecule is COc1ccc(NC(=O)c2ccc(F)cc2F)cc1NS(C)(=O)=O. The lowest BCUT2D eigenvalue weighted by atomic mass is 10.2. The van der Waals surface area contributed by atoms with Crippen molar-refractivity contribution in [1.82, 2.24) is 0 Å². The minimum absolute atomic E-state index is 0.109. The Labute approximate surface area is 137 Å². The van der Waals surface area contributed by atoms with Gasteiger partial charge in [0.05, 0.1) is 24.6 Å². The second-order valence-corrected chi connectivity index (χ2v) is 6.62. The molecule has 0 saturated heterocycles. The van der Waals surface area contributed by atoms with Crippen molar-refractivity contribution in [1.29, 1.82) is 0 Å². The summed E-state index contributed by atoms with van der Waals surface area (Å²) in [6.45, 7) is 0. The normalized spacial score (nSPS) is 11.0. The Morgan fingerprint density at radius 1 is 1.12 bits per heavy atom. The lowest BCUT2D eigenvalue weighted by Crippen LogP contribution is -2.15. The molecule has 2 aromatic rings. The number of amides is 1. The second kappa shape index (κ2) is 6.83. The minimum atomic E-state index is -3.56. The van der Waals surface area contributed by atoms with E-state index in [-0.39, 0.29) is 22.7 Å². The van der Waals surface area contributed by atoms with Crippen LogP contribution in [-0.2, 0) is 10.0 Å². The van der Waals surface area contributed by atoms with Crippen LogP contribution in [0, 0.1) is 11.6 Å². The Balaban J connectivity index is 2.29. The van der Waals surface area contributed by atoms with Gasteiger partial charge in [0.1, 0.15) is 17.4 Å². The number of sulfonamides is 1. The van der Waals surface area contributed by atoms with E-state index in [1.165, 1.54) is 25.3 Å². The van der Waals surface area contributed by atoms with Gasteiger partial charge in [0.15, 0.2) is 0 Å². The largest absolute Gasteiger partial charge is 0.495 e. The van der Waals surface area contributed by atoms with Gasteiger partial charge in [-0.15, -0.1) is 0 Å². The molecule has 0 bridgehead atoms. The number of hydrogen-bond acceptors (Lipinski definition) is 4. The summed E-state index contributed by atoms with van der Waals surface area (Å²) < 4.78 is 56.5. The Bertz CT molecular complexity index is 885. The number of anilines is 2. The Morgan fingerprint density at radius 3 is 2.42 bits per heavy atom. The highest BCUT2D eigenvalue weighted by Crippen LogP contribution is 2.28. The maximum absolute atomic E-state index is 13.6. The predicted molar refractivity (Wildman–Crippen MR) is 85.8 cm³/mol. The summed E-state index contributed by atoms with van der Waals surface area (Å²) in [6.07, 6.45) is 0.964. The fourth-order valence-electron chi connectivity index (χ4n) is 1.94. The van der Waals surface area contributed by atoms with Gasteiger partial charge in [-0.2, -0.15) is 0 Å². The fourth-order valence-corrected chi connectivity index (χ4v) is 2.50. The van der Waals surface area contributed by atoms with Crippen molar-refractivity contribution in [3.8, 4) is 5.75 Å². The molecule has 1 amide bonds. The van der Waals surface area contributed by atoms with Gasteiger partial charge in [0, 0.05) is 11.8 Å². The van der Waals surface area contributed by atoms with Crippen LogP contribution in [0.25, 0.3) is 0 Å². The third-order valence-corrected chi connectivity index (χ3v) is 3.52. The Morgan fingerprint density at radius 2 is 1.83 bits per heavy atom. The predicted octanol–water partition coefficient (Wildman–Crippen LogP) is 2.60. The van der Waals surface area contributed by atoms with Crippen LogP contribution in [0.1, 0.15) is 10.4 Å². The van der Waals surface area contributed by atoms with Crippen molar-refractivity contribution in [2.24, 2.45) is 0 Å². The van der Waals surface area contributed by atoms with Crippen LogP contribution in [0.2, 0.25) is 0 Å². The van der Waals surface area contributed by atoms with Crippen molar-refractivity contribution < 1.29 is 26.7 Å². The number of ether oxygens (including phenoxy) is 1. The molecule has 2 rings (SSSR count). The Hall–Kier alpha value is -2.68. The van der Waals surface area contributed by atoms with E-state index < -0.39 is 27.6 Å². The van der Waals surface area contributed by atoms with Gasteiger partial charge < -0.3 is 10.1 Å². The van der Waals surface area contributed by atoms with Crippen molar-refractivity contribution in [2.45, 2.75) is 0 Å².